The fraction of sp³-hybridized carbons (Fsp3) is 0.533. The molecule has 1 aromatic rings. The summed E-state index contributed by atoms with van der Waals surface area (Å²) in [4.78, 5) is 22.1. The summed E-state index contributed by atoms with van der Waals surface area (Å²) >= 11 is 0. The second kappa shape index (κ2) is 6.97. The molecule has 2 unspecified atom stereocenters. The number of nitrogens with zero attached hydrogens (tertiary/aromatic N) is 1. The van der Waals surface area contributed by atoms with E-state index in [1.165, 1.54) is 24.3 Å². The lowest BCUT2D eigenvalue weighted by Gasteiger charge is -2.22. The number of hydrogen-bond acceptors (Lipinski definition) is 4. The van der Waals surface area contributed by atoms with Crippen LogP contribution in [0.2, 0.25) is 0 Å². The fourth-order valence-electron chi connectivity index (χ4n) is 1.84. The van der Waals surface area contributed by atoms with Crippen LogP contribution in [-0.4, -0.2) is 17.9 Å². The second-order valence-electron chi connectivity index (χ2n) is 6.08. The van der Waals surface area contributed by atoms with E-state index in [1.807, 2.05) is 0 Å². The van der Waals surface area contributed by atoms with Crippen LogP contribution in [0.15, 0.2) is 29.4 Å². The van der Waals surface area contributed by atoms with Crippen molar-refractivity contribution in [3.05, 3.63) is 40.3 Å². The summed E-state index contributed by atoms with van der Waals surface area (Å²) in [5.41, 5.74) is -0.324. The lowest BCUT2D eigenvalue weighted by molar-refractivity contribution is -0.148. The highest BCUT2D eigenvalue weighted by Gasteiger charge is 2.42. The van der Waals surface area contributed by atoms with Gasteiger partial charge in [0.15, 0.2) is 0 Å². The number of nitrogens with one attached hydrogen (secondary N) is 1. The standard InChI is InChI=1S/C15H19F3N2O3/c1-9(19-13(21)23-14(2,3)4)10-5-7-11(8-6-10)12(20-22)15(16,17)18/h5-9,12H,1-4H3,(H,19,21). The molecule has 1 N–H and O–H groups in total. The lowest BCUT2D eigenvalue weighted by Crippen LogP contribution is -2.34. The molecule has 1 rings (SSSR count). The van der Waals surface area contributed by atoms with Gasteiger partial charge in [-0.05, 0) is 38.8 Å². The van der Waals surface area contributed by atoms with Crippen molar-refractivity contribution in [1.29, 1.82) is 0 Å². The van der Waals surface area contributed by atoms with Gasteiger partial charge in [0.1, 0.15) is 5.60 Å². The van der Waals surface area contributed by atoms with Crippen molar-refractivity contribution in [1.82, 2.24) is 5.32 Å². The predicted molar refractivity (Wildman–Crippen MR) is 78.8 cm³/mol. The first-order valence-electron chi connectivity index (χ1n) is 6.92. The largest absolute Gasteiger partial charge is 0.444 e. The molecule has 0 aliphatic carbocycles. The average Bonchev–Trinajstić information content (AvgIpc) is 2.36. The van der Waals surface area contributed by atoms with Crippen LogP contribution in [0.5, 0.6) is 0 Å². The van der Waals surface area contributed by atoms with Crippen molar-refractivity contribution in [3.63, 3.8) is 0 Å². The summed E-state index contributed by atoms with van der Waals surface area (Å²) in [6.45, 7) is 6.82. The second-order valence-corrected chi connectivity index (χ2v) is 6.08. The van der Waals surface area contributed by atoms with Crippen LogP contribution < -0.4 is 5.32 Å². The molecule has 0 saturated heterocycles. The Balaban J connectivity index is 2.80. The highest BCUT2D eigenvalue weighted by atomic mass is 19.4. The Kier molecular flexibility index (Phi) is 5.74. The molecule has 0 bridgehead atoms. The predicted octanol–water partition coefficient (Wildman–Crippen LogP) is 4.64. The minimum Gasteiger partial charge on any atom is -0.444 e. The summed E-state index contributed by atoms with van der Waals surface area (Å²) < 4.78 is 43.0. The van der Waals surface area contributed by atoms with Crippen LogP contribution in [-0.2, 0) is 4.74 Å². The monoisotopic (exact) mass is 332 g/mol. The summed E-state index contributed by atoms with van der Waals surface area (Å²) in [6, 6.07) is 2.28. The molecule has 2 atom stereocenters. The van der Waals surface area contributed by atoms with Crippen molar-refractivity contribution in [2.75, 3.05) is 0 Å². The van der Waals surface area contributed by atoms with Gasteiger partial charge >= 0.3 is 12.3 Å². The van der Waals surface area contributed by atoms with Crippen molar-refractivity contribution in [3.8, 4) is 0 Å². The van der Waals surface area contributed by atoms with Crippen LogP contribution in [0.25, 0.3) is 0 Å². The Labute approximate surface area is 132 Å². The maximum absolute atomic E-state index is 12.6. The van der Waals surface area contributed by atoms with Crippen LogP contribution in [0.3, 0.4) is 0 Å². The number of benzene rings is 1. The van der Waals surface area contributed by atoms with E-state index in [0.717, 1.165) is 0 Å². The van der Waals surface area contributed by atoms with Gasteiger partial charge in [-0.2, -0.15) is 13.2 Å². The molecule has 23 heavy (non-hydrogen) atoms. The number of halogens is 3. The quantitative estimate of drug-likeness (QED) is 0.817. The van der Waals surface area contributed by atoms with Gasteiger partial charge in [0.25, 0.3) is 0 Å². The first-order valence-corrected chi connectivity index (χ1v) is 6.92. The van der Waals surface area contributed by atoms with Gasteiger partial charge in [-0.25, -0.2) is 4.79 Å². The molecule has 128 valence electrons. The van der Waals surface area contributed by atoms with Crippen LogP contribution >= 0.6 is 0 Å². The maximum Gasteiger partial charge on any atom is 0.418 e. The van der Waals surface area contributed by atoms with Gasteiger partial charge in [0.2, 0.25) is 6.04 Å². The number of carbonyl (C=O) groups is 1. The molecular weight excluding hydrogens is 313 g/mol. The normalized spacial score (nSPS) is 14.7. The summed E-state index contributed by atoms with van der Waals surface area (Å²) in [5.74, 6) is 0. The zero-order valence-electron chi connectivity index (χ0n) is 13.3. The zero-order chi connectivity index (χ0) is 17.8. The molecule has 0 saturated carbocycles. The first-order chi connectivity index (χ1) is 10.4. The smallest absolute Gasteiger partial charge is 0.418 e. The molecule has 0 radical (unpaired) electrons. The number of alkyl halides is 3. The Bertz CT molecular complexity index is 551. The number of carbonyl (C=O) groups excluding carboxylic acids is 1. The summed E-state index contributed by atoms with van der Waals surface area (Å²) in [7, 11) is 0. The van der Waals surface area contributed by atoms with E-state index in [0.29, 0.717) is 5.56 Å². The summed E-state index contributed by atoms with van der Waals surface area (Å²) in [5, 5.41) is 4.71. The molecule has 0 spiro atoms. The van der Waals surface area contributed by atoms with Gasteiger partial charge in [-0.1, -0.05) is 29.4 Å². The van der Waals surface area contributed by atoms with E-state index >= 15 is 0 Å². The Morgan fingerprint density at radius 2 is 1.61 bits per heavy atom. The van der Waals surface area contributed by atoms with Gasteiger partial charge in [0.05, 0.1) is 6.04 Å². The highest BCUT2D eigenvalue weighted by Crippen LogP contribution is 2.36. The Morgan fingerprint density at radius 1 is 1.13 bits per heavy atom. The van der Waals surface area contributed by atoms with Crippen molar-refractivity contribution in [2.45, 2.75) is 51.6 Å². The Hall–Kier alpha value is -2.12. The fourth-order valence-corrected chi connectivity index (χ4v) is 1.84. The molecule has 0 fully saturated rings. The van der Waals surface area contributed by atoms with E-state index in [2.05, 4.69) is 10.5 Å². The van der Waals surface area contributed by atoms with Gasteiger partial charge < -0.3 is 10.1 Å². The number of nitroso groups, excluding NO2 is 1. The molecule has 0 aliphatic heterocycles. The molecule has 8 heteroatoms. The number of alkyl carbamates (subject to hydrolysis) is 1. The topological polar surface area (TPSA) is 67.8 Å². The van der Waals surface area contributed by atoms with E-state index in [4.69, 9.17) is 4.74 Å². The molecule has 0 heterocycles. The molecule has 1 aromatic carbocycles. The minimum atomic E-state index is -4.73. The van der Waals surface area contributed by atoms with Gasteiger partial charge in [0, 0.05) is 0 Å². The third-order valence-corrected chi connectivity index (χ3v) is 2.90. The SMILES string of the molecule is CC(NC(=O)OC(C)(C)C)c1ccc(C(N=O)C(F)(F)F)cc1. The van der Waals surface area contributed by atoms with Crippen LogP contribution in [0.1, 0.15) is 50.9 Å². The number of rotatable bonds is 4. The molecule has 0 aliphatic rings. The minimum absolute atomic E-state index is 0.249. The van der Waals surface area contributed by atoms with E-state index < -0.39 is 30.0 Å². The van der Waals surface area contributed by atoms with Gasteiger partial charge in [-0.3, -0.25) is 0 Å². The molecule has 0 aromatic heterocycles. The van der Waals surface area contributed by atoms with E-state index in [-0.39, 0.29) is 5.56 Å². The Morgan fingerprint density at radius 3 is 2.00 bits per heavy atom. The van der Waals surface area contributed by atoms with E-state index in [1.54, 1.807) is 27.7 Å². The third kappa shape index (κ3) is 5.88. The van der Waals surface area contributed by atoms with Crippen LogP contribution in [0, 0.1) is 4.91 Å². The number of amides is 1. The zero-order valence-corrected chi connectivity index (χ0v) is 13.3. The maximum atomic E-state index is 12.6. The molecular formula is C15H19F3N2O3. The molecule has 5 nitrogen and oxygen atoms in total. The van der Waals surface area contributed by atoms with Crippen molar-refractivity contribution in [2.24, 2.45) is 5.18 Å². The van der Waals surface area contributed by atoms with Crippen LogP contribution in [0.4, 0.5) is 18.0 Å². The number of ether oxygens (including phenoxy) is 1. The van der Waals surface area contributed by atoms with Crippen molar-refractivity contribution >= 4 is 6.09 Å². The van der Waals surface area contributed by atoms with Gasteiger partial charge in [-0.15, -0.1) is 4.91 Å². The number of hydrogen-bond donors (Lipinski definition) is 1. The third-order valence-electron chi connectivity index (χ3n) is 2.90. The molecule has 1 amide bonds. The highest BCUT2D eigenvalue weighted by molar-refractivity contribution is 5.68. The average molecular weight is 332 g/mol. The first kappa shape index (κ1) is 18.9. The summed E-state index contributed by atoms with van der Waals surface area (Å²) in [6.07, 6.45) is -5.36. The van der Waals surface area contributed by atoms with E-state index in [9.17, 15) is 22.9 Å². The lowest BCUT2D eigenvalue weighted by atomic mass is 10.0. The van der Waals surface area contributed by atoms with Crippen molar-refractivity contribution < 1.29 is 22.7 Å².